The smallest absolute Gasteiger partial charge is 0.333 e. The van der Waals surface area contributed by atoms with Gasteiger partial charge in [0.05, 0.1) is 21.8 Å². The highest BCUT2D eigenvalue weighted by Gasteiger charge is 2.39. The second-order valence-corrected chi connectivity index (χ2v) is 7.18. The summed E-state index contributed by atoms with van der Waals surface area (Å²) in [4.78, 5) is 12.1. The van der Waals surface area contributed by atoms with E-state index in [2.05, 4.69) is 5.32 Å². The first-order valence-electron chi connectivity index (χ1n) is 7.56. The van der Waals surface area contributed by atoms with Gasteiger partial charge in [0.15, 0.2) is 5.54 Å². The van der Waals surface area contributed by atoms with E-state index < -0.39 is 11.5 Å². The zero-order valence-corrected chi connectivity index (χ0v) is 16.7. The van der Waals surface area contributed by atoms with Crippen molar-refractivity contribution in [3.63, 3.8) is 0 Å². The Bertz CT molecular complexity index is 852. The van der Waals surface area contributed by atoms with E-state index in [0.717, 1.165) is 0 Å². The Labute approximate surface area is 169 Å². The van der Waals surface area contributed by atoms with Gasteiger partial charge in [-0.15, -0.1) is 0 Å². The average Bonchev–Trinajstić information content (AvgIpc) is 2.60. The molecule has 26 heavy (non-hydrogen) atoms. The zero-order chi connectivity index (χ0) is 19.3. The number of aliphatic hydroxyl groups is 1. The van der Waals surface area contributed by atoms with E-state index in [9.17, 15) is 9.90 Å². The van der Waals surface area contributed by atoms with Crippen LogP contribution in [0.15, 0.2) is 36.4 Å². The minimum Gasteiger partial charge on any atom is -0.490 e. The van der Waals surface area contributed by atoms with Gasteiger partial charge >= 0.3 is 5.97 Å². The lowest BCUT2D eigenvalue weighted by atomic mass is 9.90. The van der Waals surface area contributed by atoms with Crippen LogP contribution in [0.25, 0.3) is 0 Å². The Morgan fingerprint density at radius 2 is 2.04 bits per heavy atom. The van der Waals surface area contributed by atoms with Crippen LogP contribution in [0, 0.1) is 14.9 Å². The van der Waals surface area contributed by atoms with Gasteiger partial charge in [0, 0.05) is 16.3 Å². The largest absolute Gasteiger partial charge is 0.490 e. The molecule has 0 amide bonds. The normalized spacial score (nSPS) is 12.7. The zero-order valence-electron chi connectivity index (χ0n) is 13.8. The molecule has 0 fully saturated rings. The molecule has 8 heteroatoms. The topological polar surface area (TPSA) is 103 Å². The van der Waals surface area contributed by atoms with Gasteiger partial charge in [0.1, 0.15) is 12.4 Å². The number of carboxylic acids is 1. The molecule has 0 aliphatic carbocycles. The van der Waals surface area contributed by atoms with Crippen molar-refractivity contribution < 1.29 is 19.7 Å². The van der Waals surface area contributed by atoms with Gasteiger partial charge in [-0.25, -0.2) is 4.79 Å². The van der Waals surface area contributed by atoms with Gasteiger partial charge in [-0.3, -0.25) is 0 Å². The molecule has 0 bridgehead atoms. The lowest BCUT2D eigenvalue weighted by Crippen LogP contribution is -2.41. The predicted octanol–water partition coefficient (Wildman–Crippen LogP) is 3.60. The van der Waals surface area contributed by atoms with Crippen LogP contribution in [0.2, 0.25) is 5.02 Å². The van der Waals surface area contributed by atoms with Crippen LogP contribution >= 0.6 is 34.2 Å². The monoisotopic (exact) mass is 486 g/mol. The predicted molar refractivity (Wildman–Crippen MR) is 107 cm³/mol. The third kappa shape index (κ3) is 4.38. The summed E-state index contributed by atoms with van der Waals surface area (Å²) in [5, 5.41) is 31.2. The number of hydrogen-bond donors (Lipinski definition) is 3. The van der Waals surface area contributed by atoms with E-state index in [-0.39, 0.29) is 13.2 Å². The third-order valence-electron chi connectivity index (χ3n) is 3.72. The minimum atomic E-state index is -1.55. The molecule has 0 saturated carbocycles. The summed E-state index contributed by atoms with van der Waals surface area (Å²) in [7, 11) is 0. The number of carbonyl (C=O) groups is 1. The van der Waals surface area contributed by atoms with E-state index in [1.165, 1.54) is 13.0 Å². The second-order valence-electron chi connectivity index (χ2n) is 5.58. The molecule has 2 aromatic rings. The number of nitrogens with one attached hydrogen (secondary N) is 1. The Hall–Kier alpha value is -2.02. The van der Waals surface area contributed by atoms with Gasteiger partial charge < -0.3 is 20.3 Å². The van der Waals surface area contributed by atoms with E-state index in [4.69, 9.17) is 26.7 Å². The maximum Gasteiger partial charge on any atom is 0.333 e. The fourth-order valence-corrected chi connectivity index (χ4v) is 3.56. The van der Waals surface area contributed by atoms with Crippen LogP contribution in [-0.4, -0.2) is 29.4 Å². The molecule has 136 valence electrons. The van der Waals surface area contributed by atoms with Crippen LogP contribution in [-0.2, 0) is 10.3 Å². The highest BCUT2D eigenvalue weighted by Crippen LogP contribution is 2.38. The lowest BCUT2D eigenvalue weighted by Gasteiger charge is -2.30. The molecule has 6 nitrogen and oxygen atoms in total. The molecule has 0 radical (unpaired) electrons. The number of carboxylic acid groups (broad SMARTS) is 1. The molecule has 2 rings (SSSR count). The van der Waals surface area contributed by atoms with Crippen molar-refractivity contribution in [1.82, 2.24) is 0 Å². The number of nitrogens with zero attached hydrogens (tertiary/aromatic N) is 1. The summed E-state index contributed by atoms with van der Waals surface area (Å²) in [6.07, 6.45) is 0. The number of ether oxygens (including phenoxy) is 1. The molecular formula is C18H16ClIN2O4. The molecule has 1 atom stereocenters. The van der Waals surface area contributed by atoms with Crippen molar-refractivity contribution in [2.45, 2.75) is 12.5 Å². The summed E-state index contributed by atoms with van der Waals surface area (Å²) in [5.41, 5.74) is -0.224. The molecule has 1 unspecified atom stereocenters. The second kappa shape index (κ2) is 8.58. The first kappa shape index (κ1) is 20.3. The van der Waals surface area contributed by atoms with E-state index in [1.54, 1.807) is 30.3 Å². The van der Waals surface area contributed by atoms with E-state index in [1.807, 2.05) is 28.7 Å². The Kier molecular flexibility index (Phi) is 6.69. The summed E-state index contributed by atoms with van der Waals surface area (Å²) >= 11 is 8.15. The Morgan fingerprint density at radius 1 is 1.38 bits per heavy atom. The molecule has 0 spiro atoms. The number of benzene rings is 2. The quantitative estimate of drug-likeness (QED) is 0.517. The number of anilines is 1. The molecule has 2 aromatic carbocycles. The SMILES string of the molecule is CC(Nc1ccc(C#N)cc1)(C(=O)O)c1cc(Cl)cc(I)c1OCCO. The Balaban J connectivity index is 2.54. The van der Waals surface area contributed by atoms with Gasteiger partial charge in [-0.1, -0.05) is 11.6 Å². The number of rotatable bonds is 7. The van der Waals surface area contributed by atoms with Gasteiger partial charge in [-0.2, -0.15) is 5.26 Å². The van der Waals surface area contributed by atoms with Crippen LogP contribution in [0.4, 0.5) is 5.69 Å². The number of hydrogen-bond acceptors (Lipinski definition) is 5. The first-order valence-corrected chi connectivity index (χ1v) is 9.02. The molecule has 0 heterocycles. The van der Waals surface area contributed by atoms with Crippen molar-refractivity contribution in [3.05, 3.63) is 56.1 Å². The number of nitriles is 1. The summed E-state index contributed by atoms with van der Waals surface area (Å²) in [6.45, 7) is 1.32. The number of aliphatic carboxylic acids is 1. The van der Waals surface area contributed by atoms with Crippen molar-refractivity contribution in [2.75, 3.05) is 18.5 Å². The minimum absolute atomic E-state index is 0.0250. The molecule has 0 aromatic heterocycles. The van der Waals surface area contributed by atoms with Crippen LogP contribution in [0.5, 0.6) is 5.75 Å². The standard InChI is InChI=1S/C18H16ClIN2O4/c1-18(17(24)25,22-13-4-2-11(10-21)3-5-13)14-8-12(19)9-15(20)16(14)26-7-6-23/h2-5,8-9,22-23H,6-7H2,1H3,(H,24,25). The van der Waals surface area contributed by atoms with Crippen molar-refractivity contribution in [3.8, 4) is 11.8 Å². The van der Waals surface area contributed by atoms with Gasteiger partial charge in [-0.05, 0) is 65.9 Å². The van der Waals surface area contributed by atoms with Gasteiger partial charge in [0.2, 0.25) is 0 Å². The third-order valence-corrected chi connectivity index (χ3v) is 4.74. The van der Waals surface area contributed by atoms with Crippen molar-refractivity contribution in [2.24, 2.45) is 0 Å². The summed E-state index contributed by atoms with van der Waals surface area (Å²) in [5.74, 6) is -0.788. The highest BCUT2D eigenvalue weighted by atomic mass is 127. The Morgan fingerprint density at radius 3 is 2.58 bits per heavy atom. The maximum absolute atomic E-state index is 12.1. The summed E-state index contributed by atoms with van der Waals surface area (Å²) < 4.78 is 6.21. The van der Waals surface area contributed by atoms with Crippen molar-refractivity contribution >= 4 is 45.8 Å². The van der Waals surface area contributed by atoms with E-state index in [0.29, 0.717) is 31.2 Å². The lowest BCUT2D eigenvalue weighted by molar-refractivity contribution is -0.142. The molecule has 3 N–H and O–H groups in total. The number of halogens is 2. The first-order chi connectivity index (χ1) is 12.3. The maximum atomic E-state index is 12.1. The van der Waals surface area contributed by atoms with Crippen LogP contribution in [0.3, 0.4) is 0 Å². The van der Waals surface area contributed by atoms with Gasteiger partial charge in [0.25, 0.3) is 0 Å². The molecule has 0 saturated heterocycles. The number of aliphatic hydroxyl groups excluding tert-OH is 1. The van der Waals surface area contributed by atoms with E-state index >= 15 is 0 Å². The fraction of sp³-hybridized carbons (Fsp3) is 0.222. The summed E-state index contributed by atoms with van der Waals surface area (Å²) in [6, 6.07) is 11.6. The van der Waals surface area contributed by atoms with Crippen LogP contribution < -0.4 is 10.1 Å². The highest BCUT2D eigenvalue weighted by molar-refractivity contribution is 14.1. The molecular weight excluding hydrogens is 471 g/mol. The van der Waals surface area contributed by atoms with Crippen molar-refractivity contribution in [1.29, 1.82) is 5.26 Å². The average molecular weight is 487 g/mol. The molecule has 0 aliphatic rings. The molecule has 0 aliphatic heterocycles. The van der Waals surface area contributed by atoms with Crippen LogP contribution in [0.1, 0.15) is 18.1 Å². The fourth-order valence-electron chi connectivity index (χ4n) is 2.38.